The van der Waals surface area contributed by atoms with Crippen molar-refractivity contribution in [3.8, 4) is 0 Å². The molecule has 7 nitrogen and oxygen atoms in total. The Morgan fingerprint density at radius 2 is 1.93 bits per heavy atom. The first-order valence-corrected chi connectivity index (χ1v) is 11.1. The highest BCUT2D eigenvalue weighted by atomic mass is 32.2. The summed E-state index contributed by atoms with van der Waals surface area (Å²) in [7, 11) is -3.34. The molecule has 3 fully saturated rings. The molecule has 0 spiro atoms. The summed E-state index contributed by atoms with van der Waals surface area (Å²) in [5, 5.41) is 2.76. The first kappa shape index (κ1) is 18.5. The molecule has 27 heavy (non-hydrogen) atoms. The van der Waals surface area contributed by atoms with E-state index in [4.69, 9.17) is 4.74 Å². The summed E-state index contributed by atoms with van der Waals surface area (Å²) in [6, 6.07) is 3.41. The smallest absolute Gasteiger partial charge is 0.408 e. The van der Waals surface area contributed by atoms with Crippen molar-refractivity contribution < 1.29 is 17.9 Å². The van der Waals surface area contributed by atoms with Crippen LogP contribution in [0.15, 0.2) is 18.3 Å². The molecule has 8 heteroatoms. The van der Waals surface area contributed by atoms with E-state index in [1.165, 1.54) is 6.42 Å². The minimum Gasteiger partial charge on any atom is -0.444 e. The number of aromatic nitrogens is 1. The van der Waals surface area contributed by atoms with Gasteiger partial charge in [0.1, 0.15) is 5.60 Å². The van der Waals surface area contributed by atoms with Gasteiger partial charge in [-0.15, -0.1) is 0 Å². The molecule has 0 saturated heterocycles. The van der Waals surface area contributed by atoms with Crippen molar-refractivity contribution in [2.75, 3.05) is 4.72 Å². The number of anilines is 1. The van der Waals surface area contributed by atoms with Gasteiger partial charge in [0.25, 0.3) is 0 Å². The molecule has 0 aromatic carbocycles. The van der Waals surface area contributed by atoms with Crippen LogP contribution in [-0.4, -0.2) is 30.3 Å². The van der Waals surface area contributed by atoms with Crippen LogP contribution in [0.25, 0.3) is 0 Å². The summed E-state index contributed by atoms with van der Waals surface area (Å²) >= 11 is 0. The van der Waals surface area contributed by atoms with E-state index in [1.54, 1.807) is 18.3 Å². The number of rotatable bonds is 5. The third kappa shape index (κ3) is 4.05. The number of nitrogens with one attached hydrogen (secondary N) is 2. The van der Waals surface area contributed by atoms with Crippen LogP contribution >= 0.6 is 0 Å². The predicted octanol–water partition coefficient (Wildman–Crippen LogP) is 3.14. The molecule has 0 aliphatic heterocycles. The molecule has 4 rings (SSSR count). The van der Waals surface area contributed by atoms with Crippen LogP contribution in [0.5, 0.6) is 0 Å². The second kappa shape index (κ2) is 6.09. The SMILES string of the molecule is CC(C)(C)OC(=O)NC1(c2cc(NS(=O)(=O)C3CC3)ccn2)CC2CC2C1. The van der Waals surface area contributed by atoms with Gasteiger partial charge in [0.15, 0.2) is 0 Å². The van der Waals surface area contributed by atoms with Crippen molar-refractivity contribution in [2.45, 2.75) is 69.3 Å². The van der Waals surface area contributed by atoms with Gasteiger partial charge in [0.05, 0.1) is 22.2 Å². The van der Waals surface area contributed by atoms with Crippen LogP contribution < -0.4 is 10.0 Å². The van der Waals surface area contributed by atoms with E-state index in [9.17, 15) is 13.2 Å². The van der Waals surface area contributed by atoms with Crippen molar-refractivity contribution in [3.63, 3.8) is 0 Å². The Bertz CT molecular complexity index is 848. The monoisotopic (exact) mass is 393 g/mol. The summed E-state index contributed by atoms with van der Waals surface area (Å²) in [6.07, 6.45) is 5.36. The fraction of sp³-hybridized carbons (Fsp3) is 0.684. The normalized spacial score (nSPS) is 29.7. The number of amides is 1. The van der Waals surface area contributed by atoms with Crippen molar-refractivity contribution in [3.05, 3.63) is 24.0 Å². The van der Waals surface area contributed by atoms with Crippen LogP contribution in [0, 0.1) is 11.8 Å². The zero-order chi connectivity index (χ0) is 19.4. The summed E-state index contributed by atoms with van der Waals surface area (Å²) in [4.78, 5) is 16.9. The van der Waals surface area contributed by atoms with Gasteiger partial charge < -0.3 is 10.1 Å². The van der Waals surface area contributed by atoms with Crippen LogP contribution in [0.2, 0.25) is 0 Å². The number of hydrogen-bond acceptors (Lipinski definition) is 5. The van der Waals surface area contributed by atoms with Crippen molar-refractivity contribution in [2.24, 2.45) is 11.8 Å². The van der Waals surface area contributed by atoms with Gasteiger partial charge in [-0.1, -0.05) is 0 Å². The molecule has 1 amide bonds. The molecule has 0 radical (unpaired) electrons. The second-order valence-corrected chi connectivity index (χ2v) is 11.1. The van der Waals surface area contributed by atoms with E-state index < -0.39 is 27.3 Å². The summed E-state index contributed by atoms with van der Waals surface area (Å²) < 4.78 is 32.6. The first-order valence-electron chi connectivity index (χ1n) is 9.56. The van der Waals surface area contributed by atoms with Crippen LogP contribution in [0.1, 0.15) is 58.6 Å². The second-order valence-electron chi connectivity index (χ2n) is 9.15. The van der Waals surface area contributed by atoms with Crippen molar-refractivity contribution >= 4 is 21.8 Å². The number of hydrogen-bond donors (Lipinski definition) is 2. The van der Waals surface area contributed by atoms with E-state index in [1.807, 2.05) is 20.8 Å². The number of sulfonamides is 1. The number of carbonyl (C=O) groups is 1. The third-order valence-corrected chi connectivity index (χ3v) is 7.37. The zero-order valence-electron chi connectivity index (χ0n) is 16.0. The molecule has 2 unspecified atom stereocenters. The maximum atomic E-state index is 12.5. The lowest BCUT2D eigenvalue weighted by Crippen LogP contribution is -2.47. The molecule has 3 aliphatic rings. The Morgan fingerprint density at radius 3 is 2.52 bits per heavy atom. The van der Waals surface area contributed by atoms with E-state index in [0.717, 1.165) is 12.8 Å². The Morgan fingerprint density at radius 1 is 1.26 bits per heavy atom. The zero-order valence-corrected chi connectivity index (χ0v) is 16.8. The number of nitrogens with zero attached hydrogens (tertiary/aromatic N) is 1. The van der Waals surface area contributed by atoms with Crippen LogP contribution in [-0.2, 0) is 20.3 Å². The number of alkyl carbamates (subject to hydrolysis) is 1. The molecule has 148 valence electrons. The standard InChI is InChI=1S/C19H27N3O4S/c1-18(2,3)26-17(23)21-19(10-12-8-13(12)11-19)16-9-14(6-7-20-16)22-27(24,25)15-4-5-15/h6-7,9,12-13,15H,4-5,8,10-11H2,1-3H3,(H,20,22)(H,21,23). The highest BCUT2D eigenvalue weighted by Gasteiger charge is 2.56. The van der Waals surface area contributed by atoms with E-state index in [2.05, 4.69) is 15.0 Å². The van der Waals surface area contributed by atoms with E-state index in [0.29, 0.717) is 36.1 Å². The lowest BCUT2D eigenvalue weighted by Gasteiger charge is -2.33. The van der Waals surface area contributed by atoms with Crippen LogP contribution in [0.4, 0.5) is 10.5 Å². The first-order chi connectivity index (χ1) is 12.6. The quantitative estimate of drug-likeness (QED) is 0.801. The predicted molar refractivity (Wildman–Crippen MR) is 102 cm³/mol. The lowest BCUT2D eigenvalue weighted by molar-refractivity contribution is 0.0443. The van der Waals surface area contributed by atoms with Crippen molar-refractivity contribution in [1.29, 1.82) is 0 Å². The largest absolute Gasteiger partial charge is 0.444 e. The molecular formula is C19H27N3O4S. The molecule has 1 aromatic rings. The van der Waals surface area contributed by atoms with Gasteiger partial charge >= 0.3 is 6.09 Å². The molecule has 2 atom stereocenters. The number of carbonyl (C=O) groups excluding carboxylic acids is 1. The number of pyridine rings is 1. The molecule has 1 heterocycles. The fourth-order valence-corrected chi connectivity index (χ4v) is 5.42. The van der Waals surface area contributed by atoms with E-state index in [-0.39, 0.29) is 5.25 Å². The molecule has 0 bridgehead atoms. The van der Waals surface area contributed by atoms with Gasteiger partial charge in [-0.3, -0.25) is 9.71 Å². The lowest BCUT2D eigenvalue weighted by atomic mass is 9.88. The Labute approximate surface area is 160 Å². The van der Waals surface area contributed by atoms with Crippen molar-refractivity contribution in [1.82, 2.24) is 10.3 Å². The summed E-state index contributed by atoms with van der Waals surface area (Å²) in [5.41, 5.74) is 0.00763. The van der Waals surface area contributed by atoms with Gasteiger partial charge in [-0.2, -0.15) is 0 Å². The van der Waals surface area contributed by atoms with Gasteiger partial charge in [0.2, 0.25) is 10.0 Å². The molecule has 2 N–H and O–H groups in total. The Balaban J connectivity index is 1.57. The Hall–Kier alpha value is -1.83. The van der Waals surface area contributed by atoms with Gasteiger partial charge in [-0.25, -0.2) is 13.2 Å². The maximum absolute atomic E-state index is 12.5. The molecular weight excluding hydrogens is 366 g/mol. The maximum Gasteiger partial charge on any atom is 0.408 e. The third-order valence-electron chi connectivity index (χ3n) is 5.50. The average Bonchev–Trinajstić information content (AvgIpc) is 3.44. The van der Waals surface area contributed by atoms with Crippen LogP contribution in [0.3, 0.4) is 0 Å². The summed E-state index contributed by atoms with van der Waals surface area (Å²) in [6.45, 7) is 5.49. The minimum atomic E-state index is -3.34. The molecule has 3 aliphatic carbocycles. The highest BCUT2D eigenvalue weighted by molar-refractivity contribution is 7.93. The number of ether oxygens (including phenoxy) is 1. The number of fused-ring (bicyclic) bond motifs is 1. The van der Waals surface area contributed by atoms with Gasteiger partial charge in [0, 0.05) is 6.20 Å². The minimum absolute atomic E-state index is 0.290. The summed E-state index contributed by atoms with van der Waals surface area (Å²) in [5.74, 6) is 1.18. The highest BCUT2D eigenvalue weighted by Crippen LogP contribution is 2.59. The van der Waals surface area contributed by atoms with Gasteiger partial charge in [-0.05, 0) is 76.8 Å². The molecule has 3 saturated carbocycles. The molecule has 1 aromatic heterocycles. The Kier molecular flexibility index (Phi) is 4.18. The fourth-order valence-electron chi connectivity index (χ4n) is 4.04. The van der Waals surface area contributed by atoms with E-state index >= 15 is 0 Å². The topological polar surface area (TPSA) is 97.4 Å². The average molecular weight is 394 g/mol.